The summed E-state index contributed by atoms with van der Waals surface area (Å²) in [7, 11) is 0. The molecule has 1 atom stereocenters. The van der Waals surface area contributed by atoms with Crippen LogP contribution in [0.1, 0.15) is 29.1 Å². The predicted molar refractivity (Wildman–Crippen MR) is 80.0 cm³/mol. The third-order valence-electron chi connectivity index (χ3n) is 3.54. The number of likely N-dealkylation sites (tertiary alicyclic amines) is 1. The van der Waals surface area contributed by atoms with E-state index < -0.39 is 0 Å². The fourth-order valence-electron chi connectivity index (χ4n) is 2.49. The number of hydrogen-bond acceptors (Lipinski definition) is 5. The van der Waals surface area contributed by atoms with E-state index in [0.29, 0.717) is 35.3 Å². The summed E-state index contributed by atoms with van der Waals surface area (Å²) in [6, 6.07) is 3.37. The molecule has 0 aromatic carbocycles. The Morgan fingerprint density at radius 2 is 2.41 bits per heavy atom. The van der Waals surface area contributed by atoms with E-state index in [-0.39, 0.29) is 12.0 Å². The fourth-order valence-corrected chi connectivity index (χ4v) is 2.65. The number of hydrogen-bond donors (Lipinski definition) is 0. The van der Waals surface area contributed by atoms with Crippen LogP contribution in [0.25, 0.3) is 0 Å². The number of rotatable bonds is 3. The smallest absolute Gasteiger partial charge is 0.276 e. The summed E-state index contributed by atoms with van der Waals surface area (Å²) in [5, 5.41) is 4.25. The van der Waals surface area contributed by atoms with E-state index in [1.807, 2.05) is 0 Å². The second-order valence-electron chi connectivity index (χ2n) is 5.26. The molecule has 0 bridgehead atoms. The maximum Gasteiger partial charge on any atom is 0.276 e. The van der Waals surface area contributed by atoms with Crippen LogP contribution in [0.2, 0.25) is 5.02 Å². The number of carbonyl (C=O) groups excluding carboxylic acids is 1. The summed E-state index contributed by atoms with van der Waals surface area (Å²) < 4.78 is 10.9. The molecule has 0 radical (unpaired) electrons. The van der Waals surface area contributed by atoms with Crippen molar-refractivity contribution in [3.8, 4) is 5.75 Å². The van der Waals surface area contributed by atoms with Crippen molar-refractivity contribution in [3.63, 3.8) is 0 Å². The van der Waals surface area contributed by atoms with E-state index in [1.54, 1.807) is 36.4 Å². The zero-order valence-electron chi connectivity index (χ0n) is 12.2. The molecule has 2 aromatic rings. The average Bonchev–Trinajstić information content (AvgIpc) is 2.96. The minimum Gasteiger partial charge on any atom is -0.487 e. The van der Waals surface area contributed by atoms with E-state index in [1.165, 1.54) is 0 Å². The Morgan fingerprint density at radius 3 is 3.14 bits per heavy atom. The SMILES string of the molecule is Cc1cc(C(=O)N2CCCC(Oc3ccncc3Cl)C2)no1. The molecule has 7 heteroatoms. The summed E-state index contributed by atoms with van der Waals surface area (Å²) in [5.41, 5.74) is 0.333. The van der Waals surface area contributed by atoms with E-state index >= 15 is 0 Å². The summed E-state index contributed by atoms with van der Waals surface area (Å²) in [6.45, 7) is 2.95. The number of piperidine rings is 1. The molecule has 6 nitrogen and oxygen atoms in total. The molecule has 1 fully saturated rings. The standard InChI is InChI=1S/C15H16ClN3O3/c1-10-7-13(18-22-10)15(20)19-6-2-3-11(9-19)21-14-4-5-17-8-12(14)16/h4-5,7-8,11H,2-3,6,9H2,1H3. The molecule has 0 saturated carbocycles. The summed E-state index contributed by atoms with van der Waals surface area (Å²) in [4.78, 5) is 18.1. The Bertz CT molecular complexity index is 674. The number of aryl methyl sites for hydroxylation is 1. The molecule has 3 rings (SSSR count). The molecule has 1 unspecified atom stereocenters. The Morgan fingerprint density at radius 1 is 1.55 bits per heavy atom. The van der Waals surface area contributed by atoms with Crippen LogP contribution in [0.3, 0.4) is 0 Å². The Hall–Kier alpha value is -2.08. The molecule has 116 valence electrons. The van der Waals surface area contributed by atoms with Gasteiger partial charge in [-0.15, -0.1) is 0 Å². The van der Waals surface area contributed by atoms with Crippen molar-refractivity contribution < 1.29 is 14.1 Å². The highest BCUT2D eigenvalue weighted by atomic mass is 35.5. The van der Waals surface area contributed by atoms with Crippen LogP contribution < -0.4 is 4.74 Å². The average molecular weight is 322 g/mol. The first kappa shape index (κ1) is 14.8. The molecule has 1 aliphatic rings. The first-order valence-electron chi connectivity index (χ1n) is 7.12. The minimum atomic E-state index is -0.133. The van der Waals surface area contributed by atoms with Crippen LogP contribution in [0.4, 0.5) is 0 Å². The van der Waals surface area contributed by atoms with Crippen LogP contribution in [0.5, 0.6) is 5.75 Å². The second-order valence-corrected chi connectivity index (χ2v) is 5.67. The Balaban J connectivity index is 1.67. The Labute approximate surface area is 133 Å². The van der Waals surface area contributed by atoms with Crippen LogP contribution >= 0.6 is 11.6 Å². The molecule has 22 heavy (non-hydrogen) atoms. The highest BCUT2D eigenvalue weighted by Gasteiger charge is 2.27. The van der Waals surface area contributed by atoms with E-state index in [0.717, 1.165) is 12.8 Å². The summed E-state index contributed by atoms with van der Waals surface area (Å²) in [5.74, 6) is 1.08. The minimum absolute atomic E-state index is 0.0920. The van der Waals surface area contributed by atoms with Crippen molar-refractivity contribution in [1.82, 2.24) is 15.0 Å². The number of ether oxygens (including phenoxy) is 1. The van der Waals surface area contributed by atoms with Crippen molar-refractivity contribution in [2.24, 2.45) is 0 Å². The van der Waals surface area contributed by atoms with Crippen LogP contribution in [-0.2, 0) is 0 Å². The van der Waals surface area contributed by atoms with Crippen LogP contribution in [-0.4, -0.2) is 40.1 Å². The maximum absolute atomic E-state index is 12.4. The molecule has 1 saturated heterocycles. The van der Waals surface area contributed by atoms with Gasteiger partial charge in [0, 0.05) is 31.1 Å². The lowest BCUT2D eigenvalue weighted by Gasteiger charge is -2.32. The Kier molecular flexibility index (Phi) is 4.29. The zero-order chi connectivity index (χ0) is 15.5. The van der Waals surface area contributed by atoms with Gasteiger partial charge in [-0.3, -0.25) is 9.78 Å². The molecule has 2 aromatic heterocycles. The molecular weight excluding hydrogens is 306 g/mol. The lowest BCUT2D eigenvalue weighted by molar-refractivity contribution is 0.0529. The highest BCUT2D eigenvalue weighted by molar-refractivity contribution is 6.31. The van der Waals surface area contributed by atoms with Gasteiger partial charge < -0.3 is 14.2 Å². The van der Waals surface area contributed by atoms with Crippen LogP contribution in [0, 0.1) is 6.92 Å². The van der Waals surface area contributed by atoms with Gasteiger partial charge in [0.25, 0.3) is 5.91 Å². The lowest BCUT2D eigenvalue weighted by atomic mass is 10.1. The van der Waals surface area contributed by atoms with Gasteiger partial charge in [0.15, 0.2) is 5.69 Å². The van der Waals surface area contributed by atoms with Gasteiger partial charge in [0.2, 0.25) is 0 Å². The van der Waals surface area contributed by atoms with E-state index in [9.17, 15) is 4.79 Å². The first-order chi connectivity index (χ1) is 10.6. The van der Waals surface area contributed by atoms with Crippen molar-refractivity contribution in [1.29, 1.82) is 0 Å². The number of amides is 1. The monoisotopic (exact) mass is 321 g/mol. The largest absolute Gasteiger partial charge is 0.487 e. The highest BCUT2D eigenvalue weighted by Crippen LogP contribution is 2.26. The molecule has 1 aliphatic heterocycles. The van der Waals surface area contributed by atoms with Crippen molar-refractivity contribution in [2.45, 2.75) is 25.9 Å². The van der Waals surface area contributed by atoms with Gasteiger partial charge in [-0.2, -0.15) is 0 Å². The number of halogens is 1. The van der Waals surface area contributed by atoms with Gasteiger partial charge in [-0.05, 0) is 19.8 Å². The van der Waals surface area contributed by atoms with Gasteiger partial charge in [-0.1, -0.05) is 16.8 Å². The number of aromatic nitrogens is 2. The lowest BCUT2D eigenvalue weighted by Crippen LogP contribution is -2.44. The fraction of sp³-hybridized carbons (Fsp3) is 0.400. The molecule has 1 amide bonds. The van der Waals surface area contributed by atoms with Gasteiger partial charge in [0.05, 0.1) is 6.54 Å². The normalized spacial score (nSPS) is 18.3. The van der Waals surface area contributed by atoms with E-state index in [4.69, 9.17) is 20.9 Å². The molecule has 0 spiro atoms. The quantitative estimate of drug-likeness (QED) is 0.869. The van der Waals surface area contributed by atoms with Gasteiger partial charge in [0.1, 0.15) is 22.6 Å². The summed E-state index contributed by atoms with van der Waals surface area (Å²) >= 11 is 6.05. The van der Waals surface area contributed by atoms with Gasteiger partial charge >= 0.3 is 0 Å². The predicted octanol–water partition coefficient (Wildman–Crippen LogP) is 2.72. The molecular formula is C15H16ClN3O3. The number of pyridine rings is 1. The van der Waals surface area contributed by atoms with Gasteiger partial charge in [-0.25, -0.2) is 0 Å². The zero-order valence-corrected chi connectivity index (χ0v) is 12.9. The second kappa shape index (κ2) is 6.36. The third-order valence-corrected chi connectivity index (χ3v) is 3.83. The number of nitrogens with zero attached hydrogens (tertiary/aromatic N) is 3. The van der Waals surface area contributed by atoms with E-state index in [2.05, 4.69) is 10.1 Å². The maximum atomic E-state index is 12.4. The molecule has 0 aliphatic carbocycles. The van der Waals surface area contributed by atoms with Crippen molar-refractivity contribution >= 4 is 17.5 Å². The van der Waals surface area contributed by atoms with Crippen molar-refractivity contribution in [2.75, 3.05) is 13.1 Å². The summed E-state index contributed by atoms with van der Waals surface area (Å²) in [6.07, 6.45) is 4.83. The number of carbonyl (C=O) groups is 1. The van der Waals surface area contributed by atoms with Crippen molar-refractivity contribution in [3.05, 3.63) is 41.0 Å². The topological polar surface area (TPSA) is 68.5 Å². The molecule has 0 N–H and O–H groups in total. The first-order valence-corrected chi connectivity index (χ1v) is 7.50. The third kappa shape index (κ3) is 3.22. The van der Waals surface area contributed by atoms with Crippen LogP contribution in [0.15, 0.2) is 29.0 Å². The molecule has 3 heterocycles.